The molecular weight excluding hydrogens is 164 g/mol. The van der Waals surface area contributed by atoms with Crippen LogP contribution < -0.4 is 4.74 Å². The van der Waals surface area contributed by atoms with E-state index in [4.69, 9.17) is 0 Å². The molecule has 0 bridgehead atoms. The van der Waals surface area contributed by atoms with Gasteiger partial charge in [-0.2, -0.15) is 0 Å². The van der Waals surface area contributed by atoms with Crippen molar-refractivity contribution in [3.63, 3.8) is 0 Å². The third-order valence-corrected chi connectivity index (χ3v) is 1.15. The summed E-state index contributed by atoms with van der Waals surface area (Å²) >= 11 is 0. The highest BCUT2D eigenvalue weighted by Gasteiger charge is 2.03. The average molecular weight is 172 g/mol. The molecule has 0 atom stereocenters. The molecule has 2 nitrogen and oxygen atoms in total. The summed E-state index contributed by atoms with van der Waals surface area (Å²) in [6.07, 6.45) is -2.46. The summed E-state index contributed by atoms with van der Waals surface area (Å²) in [4.78, 5) is 3.83. The fraction of sp³-hybridized carbons (Fsp3) is 0.375. The molecule has 0 saturated heterocycles. The van der Waals surface area contributed by atoms with Crippen LogP contribution in [0.2, 0.25) is 0 Å². The van der Waals surface area contributed by atoms with Crippen LogP contribution in [-0.2, 0) is 0 Å². The predicted octanol–water partition coefficient (Wildman–Crippen LogP) is 1.83. The molecule has 1 radical (unpaired) electrons. The first-order valence-electron chi connectivity index (χ1n) is 3.45. The molecular formula is C8H8F2NO. The molecule has 1 heterocycles. The van der Waals surface area contributed by atoms with Crippen molar-refractivity contribution in [3.8, 4) is 5.88 Å². The molecule has 0 aromatic carbocycles. The minimum Gasteiger partial charge on any atom is -0.472 e. The normalized spacial score (nSPS) is 10.3. The summed E-state index contributed by atoms with van der Waals surface area (Å²) in [5, 5.41) is 0. The van der Waals surface area contributed by atoms with E-state index < -0.39 is 13.0 Å². The second kappa shape index (κ2) is 3.99. The first-order chi connectivity index (χ1) is 5.68. The molecule has 1 rings (SSSR count). The Morgan fingerprint density at radius 2 is 2.42 bits per heavy atom. The minimum absolute atomic E-state index is 0.214. The molecule has 65 valence electrons. The van der Waals surface area contributed by atoms with Crippen LogP contribution in [0.1, 0.15) is 5.69 Å². The van der Waals surface area contributed by atoms with Gasteiger partial charge in [0.25, 0.3) is 6.43 Å². The van der Waals surface area contributed by atoms with Crippen LogP contribution in [0.4, 0.5) is 8.78 Å². The van der Waals surface area contributed by atoms with Gasteiger partial charge >= 0.3 is 0 Å². The van der Waals surface area contributed by atoms with Crippen molar-refractivity contribution < 1.29 is 13.5 Å². The van der Waals surface area contributed by atoms with Gasteiger partial charge in [-0.1, -0.05) is 0 Å². The van der Waals surface area contributed by atoms with Crippen molar-refractivity contribution in [1.29, 1.82) is 0 Å². The van der Waals surface area contributed by atoms with E-state index >= 15 is 0 Å². The number of rotatable bonds is 3. The Kier molecular flexibility index (Phi) is 2.96. The number of ether oxygens (including phenoxy) is 1. The van der Waals surface area contributed by atoms with Gasteiger partial charge in [0.2, 0.25) is 5.88 Å². The first kappa shape index (κ1) is 8.90. The van der Waals surface area contributed by atoms with Gasteiger partial charge in [0.15, 0.2) is 6.61 Å². The van der Waals surface area contributed by atoms with Crippen LogP contribution in [0, 0.1) is 13.0 Å². The van der Waals surface area contributed by atoms with Crippen molar-refractivity contribution in [2.24, 2.45) is 0 Å². The van der Waals surface area contributed by atoms with Crippen LogP contribution in [-0.4, -0.2) is 18.0 Å². The van der Waals surface area contributed by atoms with E-state index in [0.29, 0.717) is 5.69 Å². The maximum absolute atomic E-state index is 11.7. The topological polar surface area (TPSA) is 22.1 Å². The number of halogens is 2. The van der Waals surface area contributed by atoms with E-state index in [-0.39, 0.29) is 5.88 Å². The second-order valence-corrected chi connectivity index (χ2v) is 2.22. The number of alkyl halides is 2. The summed E-state index contributed by atoms with van der Waals surface area (Å²) in [6, 6.07) is 5.86. The van der Waals surface area contributed by atoms with E-state index in [0.717, 1.165) is 0 Å². The standard InChI is InChI=1S/C8H8F2NO/c1-6-3-2-4-8(11-6)12-5-7(9)10/h2,4,7H,5H2,1H3. The molecule has 0 aliphatic heterocycles. The Labute approximate surface area is 69.2 Å². The van der Waals surface area contributed by atoms with Gasteiger partial charge in [0, 0.05) is 17.8 Å². The Bertz CT molecular complexity index is 253. The highest BCUT2D eigenvalue weighted by atomic mass is 19.3. The fourth-order valence-corrected chi connectivity index (χ4v) is 0.697. The summed E-state index contributed by atoms with van der Waals surface area (Å²) in [6.45, 7) is 1.10. The van der Waals surface area contributed by atoms with Gasteiger partial charge < -0.3 is 4.74 Å². The van der Waals surface area contributed by atoms with E-state index in [1.807, 2.05) is 0 Å². The molecule has 0 saturated carbocycles. The Balaban J connectivity index is 2.52. The van der Waals surface area contributed by atoms with Crippen molar-refractivity contribution in [3.05, 3.63) is 23.9 Å². The van der Waals surface area contributed by atoms with E-state index in [2.05, 4.69) is 15.8 Å². The fourth-order valence-electron chi connectivity index (χ4n) is 0.697. The van der Waals surface area contributed by atoms with Crippen LogP contribution in [0.15, 0.2) is 12.1 Å². The molecule has 1 aromatic heterocycles. The van der Waals surface area contributed by atoms with Gasteiger partial charge in [-0.25, -0.2) is 13.8 Å². The number of nitrogens with zero attached hydrogens (tertiary/aromatic N) is 1. The SMILES string of the molecule is Cc1[c]ccc(OCC(F)F)n1. The zero-order chi connectivity index (χ0) is 8.97. The molecule has 0 aliphatic carbocycles. The molecule has 0 N–H and O–H groups in total. The number of hydrogen-bond acceptors (Lipinski definition) is 2. The smallest absolute Gasteiger partial charge is 0.272 e. The van der Waals surface area contributed by atoms with Gasteiger partial charge in [-0.3, -0.25) is 0 Å². The first-order valence-corrected chi connectivity index (χ1v) is 3.45. The lowest BCUT2D eigenvalue weighted by Crippen LogP contribution is -2.07. The zero-order valence-electron chi connectivity index (χ0n) is 6.55. The number of hydrogen-bond donors (Lipinski definition) is 0. The van der Waals surface area contributed by atoms with Crippen molar-refractivity contribution in [2.45, 2.75) is 13.3 Å². The third-order valence-electron chi connectivity index (χ3n) is 1.15. The van der Waals surface area contributed by atoms with Crippen LogP contribution in [0.5, 0.6) is 5.88 Å². The zero-order valence-corrected chi connectivity index (χ0v) is 6.55. The van der Waals surface area contributed by atoms with E-state index in [1.54, 1.807) is 13.0 Å². The molecule has 0 aliphatic rings. The maximum Gasteiger partial charge on any atom is 0.272 e. The van der Waals surface area contributed by atoms with Crippen LogP contribution in [0.25, 0.3) is 0 Å². The van der Waals surface area contributed by atoms with Gasteiger partial charge in [-0.05, 0) is 13.0 Å². The molecule has 0 amide bonds. The lowest BCUT2D eigenvalue weighted by Gasteiger charge is -2.03. The van der Waals surface area contributed by atoms with Crippen LogP contribution in [0.3, 0.4) is 0 Å². The summed E-state index contributed by atoms with van der Waals surface area (Å²) < 4.78 is 28.0. The quantitative estimate of drug-likeness (QED) is 0.693. The van der Waals surface area contributed by atoms with Gasteiger partial charge in [-0.15, -0.1) is 0 Å². The third kappa shape index (κ3) is 2.82. The van der Waals surface area contributed by atoms with Gasteiger partial charge in [0.05, 0.1) is 0 Å². The lowest BCUT2D eigenvalue weighted by molar-refractivity contribution is 0.0795. The largest absolute Gasteiger partial charge is 0.472 e. The summed E-state index contributed by atoms with van der Waals surface area (Å²) in [5.74, 6) is 0.214. The van der Waals surface area contributed by atoms with Crippen molar-refractivity contribution in [2.75, 3.05) is 6.61 Å². The van der Waals surface area contributed by atoms with E-state index in [9.17, 15) is 8.78 Å². The summed E-state index contributed by atoms with van der Waals surface area (Å²) in [7, 11) is 0. The van der Waals surface area contributed by atoms with Gasteiger partial charge in [0.1, 0.15) is 0 Å². The lowest BCUT2D eigenvalue weighted by atomic mass is 10.4. The Morgan fingerprint density at radius 1 is 1.67 bits per heavy atom. The number of aromatic nitrogens is 1. The highest BCUT2D eigenvalue weighted by Crippen LogP contribution is 2.07. The summed E-state index contributed by atoms with van der Waals surface area (Å²) in [5.41, 5.74) is 0.627. The minimum atomic E-state index is -2.46. The highest BCUT2D eigenvalue weighted by molar-refractivity contribution is 5.13. The van der Waals surface area contributed by atoms with Crippen LogP contribution >= 0.6 is 0 Å². The predicted molar refractivity (Wildman–Crippen MR) is 39.3 cm³/mol. The molecule has 4 heteroatoms. The monoisotopic (exact) mass is 172 g/mol. The number of aryl methyl sites for hydroxylation is 1. The second-order valence-electron chi connectivity index (χ2n) is 2.22. The molecule has 0 spiro atoms. The van der Waals surface area contributed by atoms with E-state index in [1.165, 1.54) is 6.07 Å². The average Bonchev–Trinajstić information content (AvgIpc) is 2.01. The molecule has 12 heavy (non-hydrogen) atoms. The van der Waals surface area contributed by atoms with Crippen molar-refractivity contribution >= 4 is 0 Å². The van der Waals surface area contributed by atoms with Crippen molar-refractivity contribution in [1.82, 2.24) is 4.98 Å². The maximum atomic E-state index is 11.7. The molecule has 1 aromatic rings. The Hall–Kier alpha value is -1.19. The molecule has 0 unspecified atom stereocenters. The Morgan fingerprint density at radius 3 is 3.00 bits per heavy atom. The number of pyridine rings is 1. The molecule has 0 fully saturated rings.